The Morgan fingerprint density at radius 1 is 1.08 bits per heavy atom. The molecule has 1 N–H and O–H groups in total. The van der Waals surface area contributed by atoms with E-state index in [9.17, 15) is 0 Å². The smallest absolute Gasteiger partial charge is 0.216 e. The summed E-state index contributed by atoms with van der Waals surface area (Å²) in [4.78, 5) is 0. The summed E-state index contributed by atoms with van der Waals surface area (Å²) >= 11 is 0. The van der Waals surface area contributed by atoms with Gasteiger partial charge < -0.3 is 9.47 Å². The van der Waals surface area contributed by atoms with Gasteiger partial charge in [0.05, 0.1) is 0 Å². The molecule has 0 amide bonds. The van der Waals surface area contributed by atoms with Crippen molar-refractivity contribution in [1.82, 2.24) is 5.32 Å². The Morgan fingerprint density at radius 3 is 1.75 bits per heavy atom. The van der Waals surface area contributed by atoms with Crippen molar-refractivity contribution in [2.45, 2.75) is 46.6 Å². The maximum absolute atomic E-state index is 5.33. The van der Waals surface area contributed by atoms with Crippen molar-refractivity contribution < 1.29 is 9.47 Å². The second-order valence-electron chi connectivity index (χ2n) is 3.64. The minimum absolute atomic E-state index is 0.0228. The zero-order valence-corrected chi connectivity index (χ0v) is 8.81. The van der Waals surface area contributed by atoms with Gasteiger partial charge in [0.2, 0.25) is 6.41 Å². The van der Waals surface area contributed by atoms with Crippen LogP contribution < -0.4 is 5.32 Å². The predicted molar refractivity (Wildman–Crippen MR) is 49.9 cm³/mol. The lowest BCUT2D eigenvalue weighted by Crippen LogP contribution is -2.46. The standard InChI is InChI=1S/C9H21NO2/c1-6-11-8(12-7-2)10-9(3,4)5/h8,10H,6-7H2,1-5H3. The average Bonchev–Trinajstić information content (AvgIpc) is 1.84. The van der Waals surface area contributed by atoms with Crippen molar-refractivity contribution in [3.63, 3.8) is 0 Å². The zero-order valence-electron chi connectivity index (χ0n) is 8.81. The minimum Gasteiger partial charge on any atom is -0.340 e. The third-order valence-electron chi connectivity index (χ3n) is 1.19. The van der Waals surface area contributed by atoms with E-state index in [1.54, 1.807) is 0 Å². The second-order valence-corrected chi connectivity index (χ2v) is 3.64. The van der Waals surface area contributed by atoms with Gasteiger partial charge in [0.1, 0.15) is 0 Å². The molecule has 0 aromatic carbocycles. The number of hydrogen-bond acceptors (Lipinski definition) is 3. The lowest BCUT2D eigenvalue weighted by molar-refractivity contribution is -0.164. The van der Waals surface area contributed by atoms with Crippen molar-refractivity contribution >= 4 is 0 Å². The molecule has 0 aliphatic carbocycles. The van der Waals surface area contributed by atoms with Gasteiger partial charge in [-0.2, -0.15) is 0 Å². The van der Waals surface area contributed by atoms with Crippen LogP contribution in [-0.4, -0.2) is 25.2 Å². The maximum atomic E-state index is 5.33. The molecule has 0 aliphatic heterocycles. The lowest BCUT2D eigenvalue weighted by Gasteiger charge is -2.27. The molecular formula is C9H21NO2. The highest BCUT2D eigenvalue weighted by Crippen LogP contribution is 2.03. The molecule has 0 saturated heterocycles. The summed E-state index contributed by atoms with van der Waals surface area (Å²) in [6.45, 7) is 11.5. The Hall–Kier alpha value is -0.120. The lowest BCUT2D eigenvalue weighted by atomic mass is 10.1. The van der Waals surface area contributed by atoms with Crippen LogP contribution in [0.2, 0.25) is 0 Å². The molecule has 12 heavy (non-hydrogen) atoms. The number of nitrogens with one attached hydrogen (secondary N) is 1. The van der Waals surface area contributed by atoms with Gasteiger partial charge in [-0.05, 0) is 34.6 Å². The van der Waals surface area contributed by atoms with Crippen molar-refractivity contribution in [1.29, 1.82) is 0 Å². The Balaban J connectivity index is 3.77. The molecule has 3 nitrogen and oxygen atoms in total. The van der Waals surface area contributed by atoms with Gasteiger partial charge in [0, 0.05) is 18.8 Å². The van der Waals surface area contributed by atoms with Gasteiger partial charge in [-0.3, -0.25) is 5.32 Å². The molecule has 0 aliphatic rings. The van der Waals surface area contributed by atoms with Crippen molar-refractivity contribution in [2.24, 2.45) is 0 Å². The second kappa shape index (κ2) is 5.51. The van der Waals surface area contributed by atoms with Crippen LogP contribution in [0.3, 0.4) is 0 Å². The van der Waals surface area contributed by atoms with E-state index in [4.69, 9.17) is 9.47 Å². The molecule has 0 atom stereocenters. The molecule has 0 radical (unpaired) electrons. The van der Waals surface area contributed by atoms with Crippen LogP contribution in [-0.2, 0) is 9.47 Å². The fourth-order valence-electron chi connectivity index (χ4n) is 0.788. The molecule has 0 aromatic heterocycles. The normalized spacial score (nSPS) is 12.5. The van der Waals surface area contributed by atoms with E-state index < -0.39 is 0 Å². The first-order valence-electron chi connectivity index (χ1n) is 4.50. The Morgan fingerprint density at radius 2 is 1.50 bits per heavy atom. The third-order valence-corrected chi connectivity index (χ3v) is 1.19. The van der Waals surface area contributed by atoms with E-state index >= 15 is 0 Å². The molecule has 0 unspecified atom stereocenters. The van der Waals surface area contributed by atoms with E-state index in [0.29, 0.717) is 13.2 Å². The number of ether oxygens (including phenoxy) is 2. The van der Waals surface area contributed by atoms with E-state index in [0.717, 1.165) is 0 Å². The summed E-state index contributed by atoms with van der Waals surface area (Å²) in [5.41, 5.74) is 0.0228. The summed E-state index contributed by atoms with van der Waals surface area (Å²) in [6.07, 6.45) is -0.278. The summed E-state index contributed by atoms with van der Waals surface area (Å²) in [7, 11) is 0. The summed E-state index contributed by atoms with van der Waals surface area (Å²) in [5.74, 6) is 0. The van der Waals surface area contributed by atoms with Crippen LogP contribution in [0.15, 0.2) is 0 Å². The maximum Gasteiger partial charge on any atom is 0.216 e. The van der Waals surface area contributed by atoms with Gasteiger partial charge in [-0.1, -0.05) is 0 Å². The van der Waals surface area contributed by atoms with Gasteiger partial charge in [-0.15, -0.1) is 0 Å². The minimum atomic E-state index is -0.278. The molecule has 0 heterocycles. The topological polar surface area (TPSA) is 30.5 Å². The van der Waals surface area contributed by atoms with Crippen LogP contribution in [0.5, 0.6) is 0 Å². The van der Waals surface area contributed by atoms with E-state index in [1.807, 2.05) is 13.8 Å². The summed E-state index contributed by atoms with van der Waals surface area (Å²) < 4.78 is 10.7. The molecule has 0 fully saturated rings. The highest BCUT2D eigenvalue weighted by molar-refractivity contribution is 4.69. The van der Waals surface area contributed by atoms with Crippen LogP contribution in [0.1, 0.15) is 34.6 Å². The van der Waals surface area contributed by atoms with E-state index in [1.165, 1.54) is 0 Å². The van der Waals surface area contributed by atoms with E-state index in [2.05, 4.69) is 26.1 Å². The Labute approximate surface area is 75.4 Å². The molecule has 0 aromatic rings. The molecule has 0 spiro atoms. The van der Waals surface area contributed by atoms with Gasteiger partial charge >= 0.3 is 0 Å². The Kier molecular flexibility index (Phi) is 5.46. The first kappa shape index (κ1) is 11.9. The highest BCUT2D eigenvalue weighted by Gasteiger charge is 2.16. The van der Waals surface area contributed by atoms with Gasteiger partial charge in [0.15, 0.2) is 0 Å². The highest BCUT2D eigenvalue weighted by atomic mass is 16.7. The van der Waals surface area contributed by atoms with Crippen molar-refractivity contribution in [2.75, 3.05) is 13.2 Å². The monoisotopic (exact) mass is 175 g/mol. The molecule has 0 bridgehead atoms. The fraction of sp³-hybridized carbons (Fsp3) is 1.00. The van der Waals surface area contributed by atoms with Crippen LogP contribution in [0.4, 0.5) is 0 Å². The number of hydrogen-bond donors (Lipinski definition) is 1. The van der Waals surface area contributed by atoms with Crippen LogP contribution >= 0.6 is 0 Å². The summed E-state index contributed by atoms with van der Waals surface area (Å²) in [6, 6.07) is 0. The Bertz CT molecular complexity index is 104. The molecule has 3 heteroatoms. The SMILES string of the molecule is CCOC(NC(C)(C)C)OCC. The fourth-order valence-corrected chi connectivity index (χ4v) is 0.788. The third kappa shape index (κ3) is 6.58. The van der Waals surface area contributed by atoms with Crippen molar-refractivity contribution in [3.8, 4) is 0 Å². The average molecular weight is 175 g/mol. The molecule has 74 valence electrons. The summed E-state index contributed by atoms with van der Waals surface area (Å²) in [5, 5.41) is 3.21. The largest absolute Gasteiger partial charge is 0.340 e. The zero-order chi connectivity index (χ0) is 9.61. The molecule has 0 rings (SSSR count). The quantitative estimate of drug-likeness (QED) is 0.645. The van der Waals surface area contributed by atoms with E-state index in [-0.39, 0.29) is 12.0 Å². The molecule has 0 saturated carbocycles. The first-order valence-corrected chi connectivity index (χ1v) is 4.50. The predicted octanol–water partition coefficient (Wildman–Crippen LogP) is 1.73. The molecular weight excluding hydrogens is 154 g/mol. The van der Waals surface area contributed by atoms with Crippen LogP contribution in [0.25, 0.3) is 0 Å². The van der Waals surface area contributed by atoms with Gasteiger partial charge in [-0.25, -0.2) is 0 Å². The van der Waals surface area contributed by atoms with Crippen LogP contribution in [0, 0.1) is 0 Å². The van der Waals surface area contributed by atoms with Crippen molar-refractivity contribution in [3.05, 3.63) is 0 Å². The first-order chi connectivity index (χ1) is 5.49. The number of rotatable bonds is 5. The van der Waals surface area contributed by atoms with Gasteiger partial charge in [0.25, 0.3) is 0 Å².